The minimum Gasteiger partial charge on any atom is -0.497 e. The van der Waals surface area contributed by atoms with Gasteiger partial charge in [0.05, 0.1) is 25.9 Å². The summed E-state index contributed by atoms with van der Waals surface area (Å²) in [6.45, 7) is 8.93. The van der Waals surface area contributed by atoms with Crippen molar-refractivity contribution in [2.75, 3.05) is 39.8 Å². The Morgan fingerprint density at radius 2 is 1.94 bits per heavy atom. The highest BCUT2D eigenvalue weighted by Crippen LogP contribution is 2.26. The largest absolute Gasteiger partial charge is 0.497 e. The van der Waals surface area contributed by atoms with E-state index in [1.807, 2.05) is 6.20 Å². The van der Waals surface area contributed by atoms with Crippen molar-refractivity contribution in [3.05, 3.63) is 47.3 Å². The Hall–Kier alpha value is -1.81. The number of H-pyrrole nitrogens is 1. The van der Waals surface area contributed by atoms with Crippen LogP contribution in [0.5, 0.6) is 5.75 Å². The highest BCUT2D eigenvalue weighted by molar-refractivity contribution is 14.0. The van der Waals surface area contributed by atoms with Gasteiger partial charge in [0.1, 0.15) is 5.75 Å². The number of piperidine rings is 1. The zero-order chi connectivity index (χ0) is 21.9. The SMILES string of the molecule is CCNC(=NCC(c1ccc(OC)cc1)N1CCCCC1)NCCCc1cn[nH]c1C.I. The van der Waals surface area contributed by atoms with E-state index in [9.17, 15) is 0 Å². The third-order valence-corrected chi connectivity index (χ3v) is 5.95. The second-order valence-corrected chi connectivity index (χ2v) is 8.16. The Morgan fingerprint density at radius 1 is 1.19 bits per heavy atom. The maximum absolute atomic E-state index is 5.35. The number of hydrogen-bond acceptors (Lipinski definition) is 4. The predicted octanol–water partition coefficient (Wildman–Crippen LogP) is 4.06. The Morgan fingerprint density at radius 3 is 2.56 bits per heavy atom. The summed E-state index contributed by atoms with van der Waals surface area (Å²) in [6.07, 6.45) is 7.84. The van der Waals surface area contributed by atoms with Crippen LogP contribution in [0.25, 0.3) is 0 Å². The third kappa shape index (κ3) is 7.95. The van der Waals surface area contributed by atoms with Crippen LogP contribution in [-0.4, -0.2) is 60.9 Å². The summed E-state index contributed by atoms with van der Waals surface area (Å²) in [5, 5.41) is 14.0. The molecule has 1 saturated heterocycles. The number of likely N-dealkylation sites (tertiary alicyclic amines) is 1. The molecule has 0 bridgehead atoms. The number of halogens is 1. The van der Waals surface area contributed by atoms with Crippen LogP contribution in [0.4, 0.5) is 0 Å². The average Bonchev–Trinajstić information content (AvgIpc) is 3.22. The molecule has 1 atom stereocenters. The number of guanidine groups is 1. The van der Waals surface area contributed by atoms with Crippen LogP contribution in [0.3, 0.4) is 0 Å². The van der Waals surface area contributed by atoms with Gasteiger partial charge in [-0.1, -0.05) is 18.6 Å². The summed E-state index contributed by atoms with van der Waals surface area (Å²) < 4.78 is 5.35. The number of aromatic nitrogens is 2. The van der Waals surface area contributed by atoms with E-state index in [1.54, 1.807) is 7.11 Å². The molecule has 1 unspecified atom stereocenters. The number of nitrogens with one attached hydrogen (secondary N) is 3. The molecule has 3 rings (SSSR count). The number of nitrogens with zero attached hydrogens (tertiary/aromatic N) is 3. The zero-order valence-corrected chi connectivity index (χ0v) is 22.0. The second kappa shape index (κ2) is 14.4. The van der Waals surface area contributed by atoms with Crippen molar-refractivity contribution >= 4 is 29.9 Å². The van der Waals surface area contributed by atoms with Gasteiger partial charge in [-0.15, -0.1) is 24.0 Å². The summed E-state index contributed by atoms with van der Waals surface area (Å²) >= 11 is 0. The number of methoxy groups -OCH3 is 1. The maximum Gasteiger partial charge on any atom is 0.191 e. The zero-order valence-electron chi connectivity index (χ0n) is 19.7. The van der Waals surface area contributed by atoms with Crippen LogP contribution in [0.2, 0.25) is 0 Å². The van der Waals surface area contributed by atoms with E-state index in [4.69, 9.17) is 9.73 Å². The van der Waals surface area contributed by atoms with Gasteiger partial charge in [0.25, 0.3) is 0 Å². The summed E-state index contributed by atoms with van der Waals surface area (Å²) in [4.78, 5) is 7.55. The Kier molecular flexibility index (Phi) is 11.9. The van der Waals surface area contributed by atoms with Gasteiger partial charge >= 0.3 is 0 Å². The van der Waals surface area contributed by atoms with E-state index >= 15 is 0 Å². The quantitative estimate of drug-likeness (QED) is 0.179. The van der Waals surface area contributed by atoms with E-state index in [0.29, 0.717) is 0 Å². The molecular weight excluding hydrogens is 515 g/mol. The molecule has 0 radical (unpaired) electrons. The monoisotopic (exact) mass is 554 g/mol. The number of aromatic amines is 1. The van der Waals surface area contributed by atoms with Crippen molar-refractivity contribution in [1.29, 1.82) is 0 Å². The lowest BCUT2D eigenvalue weighted by molar-refractivity contribution is 0.167. The molecule has 0 aliphatic carbocycles. The van der Waals surface area contributed by atoms with Crippen molar-refractivity contribution in [2.45, 2.75) is 52.0 Å². The van der Waals surface area contributed by atoms with Crippen LogP contribution >= 0.6 is 24.0 Å². The van der Waals surface area contributed by atoms with Crippen molar-refractivity contribution in [3.63, 3.8) is 0 Å². The molecule has 0 spiro atoms. The van der Waals surface area contributed by atoms with Crippen molar-refractivity contribution in [3.8, 4) is 5.75 Å². The van der Waals surface area contributed by atoms with E-state index in [2.05, 4.69) is 63.8 Å². The lowest BCUT2D eigenvalue weighted by Crippen LogP contribution is -2.40. The molecule has 1 aliphatic rings. The van der Waals surface area contributed by atoms with Gasteiger partial charge in [-0.05, 0) is 75.9 Å². The highest BCUT2D eigenvalue weighted by Gasteiger charge is 2.22. The van der Waals surface area contributed by atoms with Crippen molar-refractivity contribution in [1.82, 2.24) is 25.7 Å². The topological polar surface area (TPSA) is 77.6 Å². The smallest absolute Gasteiger partial charge is 0.191 e. The van der Waals surface area contributed by atoms with Gasteiger partial charge in [0, 0.05) is 18.8 Å². The number of benzene rings is 1. The number of aryl methyl sites for hydroxylation is 2. The van der Waals surface area contributed by atoms with Gasteiger partial charge in [0.2, 0.25) is 0 Å². The molecular formula is C24H39IN6O. The molecule has 1 aromatic heterocycles. The van der Waals surface area contributed by atoms with E-state index in [-0.39, 0.29) is 30.0 Å². The number of ether oxygens (including phenoxy) is 1. The van der Waals surface area contributed by atoms with Crippen LogP contribution in [0, 0.1) is 6.92 Å². The Balaban J connectivity index is 0.00000363. The molecule has 8 heteroatoms. The van der Waals surface area contributed by atoms with Crippen molar-refractivity contribution in [2.24, 2.45) is 4.99 Å². The van der Waals surface area contributed by atoms with E-state index in [0.717, 1.165) is 63.0 Å². The van der Waals surface area contributed by atoms with Crippen LogP contribution < -0.4 is 15.4 Å². The van der Waals surface area contributed by atoms with Gasteiger partial charge in [0.15, 0.2) is 5.96 Å². The number of aliphatic imine (C=N–C) groups is 1. The summed E-state index contributed by atoms with van der Waals surface area (Å²) in [7, 11) is 1.71. The number of hydrogen-bond donors (Lipinski definition) is 3. The average molecular weight is 555 g/mol. The summed E-state index contributed by atoms with van der Waals surface area (Å²) in [6, 6.07) is 8.76. The van der Waals surface area contributed by atoms with Gasteiger partial charge in [-0.3, -0.25) is 15.0 Å². The predicted molar refractivity (Wildman–Crippen MR) is 142 cm³/mol. The van der Waals surface area contributed by atoms with Crippen LogP contribution in [0.15, 0.2) is 35.5 Å². The molecule has 1 aliphatic heterocycles. The summed E-state index contributed by atoms with van der Waals surface area (Å²) in [5.74, 6) is 1.79. The standard InChI is InChI=1S/C24H38N6O.HI/c1-4-25-24(26-14-8-9-21-17-28-29-19(21)2)27-18-23(30-15-6-5-7-16-30)20-10-12-22(31-3)13-11-20;/h10-13,17,23H,4-9,14-16,18H2,1-3H3,(H,28,29)(H2,25,26,27);1H. The van der Waals surface area contributed by atoms with Gasteiger partial charge in [-0.2, -0.15) is 5.10 Å². The molecule has 0 saturated carbocycles. The maximum atomic E-state index is 5.35. The lowest BCUT2D eigenvalue weighted by Gasteiger charge is -2.34. The molecule has 32 heavy (non-hydrogen) atoms. The van der Waals surface area contributed by atoms with Gasteiger partial charge < -0.3 is 15.4 Å². The molecule has 1 fully saturated rings. The van der Waals surface area contributed by atoms with Crippen LogP contribution in [0.1, 0.15) is 55.5 Å². The third-order valence-electron chi connectivity index (χ3n) is 5.95. The first-order chi connectivity index (χ1) is 15.2. The van der Waals surface area contributed by atoms with Crippen LogP contribution in [-0.2, 0) is 6.42 Å². The normalized spacial score (nSPS) is 15.7. The Labute approximate surface area is 209 Å². The van der Waals surface area contributed by atoms with Gasteiger partial charge in [-0.25, -0.2) is 0 Å². The first kappa shape index (κ1) is 26.4. The summed E-state index contributed by atoms with van der Waals surface area (Å²) in [5.41, 5.74) is 3.75. The molecule has 0 amide bonds. The molecule has 178 valence electrons. The fourth-order valence-electron chi connectivity index (χ4n) is 4.12. The second-order valence-electron chi connectivity index (χ2n) is 8.16. The Bertz CT molecular complexity index is 801. The fraction of sp³-hybridized carbons (Fsp3) is 0.583. The minimum absolute atomic E-state index is 0. The van der Waals surface area contributed by atoms with E-state index in [1.165, 1.54) is 30.4 Å². The molecule has 1 aromatic carbocycles. The fourth-order valence-corrected chi connectivity index (χ4v) is 4.12. The first-order valence-electron chi connectivity index (χ1n) is 11.6. The highest BCUT2D eigenvalue weighted by atomic mass is 127. The molecule has 3 N–H and O–H groups in total. The number of rotatable bonds is 10. The first-order valence-corrected chi connectivity index (χ1v) is 11.6. The minimum atomic E-state index is 0. The van der Waals surface area contributed by atoms with E-state index < -0.39 is 0 Å². The van der Waals surface area contributed by atoms with Crippen molar-refractivity contribution < 1.29 is 4.74 Å². The molecule has 2 heterocycles. The lowest BCUT2D eigenvalue weighted by atomic mass is 10.0. The molecule has 2 aromatic rings. The molecule has 7 nitrogen and oxygen atoms in total.